The minimum absolute atomic E-state index is 0.0322. The van der Waals surface area contributed by atoms with Gasteiger partial charge in [-0.3, -0.25) is 19.2 Å². The van der Waals surface area contributed by atoms with E-state index < -0.39 is 0 Å². The van der Waals surface area contributed by atoms with Crippen LogP contribution >= 0.6 is 23.5 Å². The first kappa shape index (κ1) is 45.5. The average molecular weight is 706 g/mol. The van der Waals surface area contributed by atoms with Gasteiger partial charge in [0.05, 0.1) is 24.7 Å². The zero-order valence-corrected chi connectivity index (χ0v) is 32.0. The molecule has 0 saturated heterocycles. The Labute approximate surface area is 295 Å². The van der Waals surface area contributed by atoms with Crippen LogP contribution in [0.5, 0.6) is 0 Å². The third kappa shape index (κ3) is 29.2. The zero-order valence-electron chi connectivity index (χ0n) is 30.4. The molecule has 0 heterocycles. The molecule has 47 heavy (non-hydrogen) atoms. The maximum atomic E-state index is 12.3. The second-order valence-electron chi connectivity index (χ2n) is 12.3. The molecule has 0 radical (unpaired) electrons. The van der Waals surface area contributed by atoms with E-state index in [2.05, 4.69) is 25.7 Å². The third-order valence-electron chi connectivity index (χ3n) is 7.60. The summed E-state index contributed by atoms with van der Waals surface area (Å²) in [6, 6.07) is 0. The minimum Gasteiger partial charge on any atom is -0.462 e. The number of hydrogen-bond donors (Lipinski definition) is 0. The van der Waals surface area contributed by atoms with E-state index in [1.165, 1.54) is 64.2 Å². The fraction of sp³-hybridized carbons (Fsp3) is 0.889. The summed E-state index contributed by atoms with van der Waals surface area (Å²) in [4.78, 5) is 51.0. The monoisotopic (exact) mass is 705 g/mol. The van der Waals surface area contributed by atoms with Gasteiger partial charge in [0.1, 0.15) is 26.4 Å². The number of carbonyl (C=O) groups excluding carboxylic acids is 4. The Hall–Kier alpha value is -1.46. The lowest BCUT2D eigenvalue weighted by molar-refractivity contribution is -0.154. The predicted molar refractivity (Wildman–Crippen MR) is 195 cm³/mol. The van der Waals surface area contributed by atoms with E-state index in [4.69, 9.17) is 18.9 Å². The molecule has 11 heteroatoms. The van der Waals surface area contributed by atoms with Gasteiger partial charge in [-0.05, 0) is 37.3 Å². The molecule has 9 nitrogen and oxygen atoms in total. The van der Waals surface area contributed by atoms with Crippen LogP contribution in [-0.4, -0.2) is 97.9 Å². The summed E-state index contributed by atoms with van der Waals surface area (Å²) in [5, 5.41) is 0. The van der Waals surface area contributed by atoms with Crippen molar-refractivity contribution in [2.75, 3.05) is 69.1 Å². The van der Waals surface area contributed by atoms with Crippen molar-refractivity contribution in [2.45, 2.75) is 125 Å². The van der Waals surface area contributed by atoms with Gasteiger partial charge in [-0.25, -0.2) is 0 Å². The zero-order chi connectivity index (χ0) is 35.0. The van der Waals surface area contributed by atoms with Crippen LogP contribution in [0.15, 0.2) is 0 Å². The number of unbranched alkanes of at least 4 members (excludes halogenated alkanes) is 9. The number of ether oxygens (including phenoxy) is 4. The molecule has 0 N–H and O–H groups in total. The number of esters is 4. The molecule has 0 saturated carbocycles. The molecule has 2 unspecified atom stereocenters. The van der Waals surface area contributed by atoms with Gasteiger partial charge in [-0.15, -0.1) is 0 Å². The van der Waals surface area contributed by atoms with E-state index in [1.54, 1.807) is 23.5 Å². The van der Waals surface area contributed by atoms with E-state index in [0.717, 1.165) is 42.4 Å². The summed E-state index contributed by atoms with van der Waals surface area (Å²) < 4.78 is 21.1. The summed E-state index contributed by atoms with van der Waals surface area (Å²) in [7, 11) is 0. The van der Waals surface area contributed by atoms with Crippen LogP contribution in [0.3, 0.4) is 0 Å². The smallest absolute Gasteiger partial charge is 0.309 e. The molecule has 0 bridgehead atoms. The Balaban J connectivity index is 4.07. The molecule has 0 fully saturated rings. The Kier molecular flexibility index (Phi) is 32.0. The molecule has 0 amide bonds. The van der Waals surface area contributed by atoms with Gasteiger partial charge in [0.25, 0.3) is 0 Å². The van der Waals surface area contributed by atoms with E-state index in [1.807, 2.05) is 13.8 Å². The van der Waals surface area contributed by atoms with Crippen molar-refractivity contribution >= 4 is 47.4 Å². The van der Waals surface area contributed by atoms with Crippen LogP contribution in [0.1, 0.15) is 125 Å². The van der Waals surface area contributed by atoms with Crippen molar-refractivity contribution in [2.24, 2.45) is 11.8 Å². The van der Waals surface area contributed by atoms with Gasteiger partial charge in [0.2, 0.25) is 0 Å². The van der Waals surface area contributed by atoms with Crippen LogP contribution in [-0.2, 0) is 38.1 Å². The topological polar surface area (TPSA) is 108 Å². The highest BCUT2D eigenvalue weighted by molar-refractivity contribution is 7.99. The van der Waals surface area contributed by atoms with Crippen LogP contribution in [0.4, 0.5) is 0 Å². The van der Waals surface area contributed by atoms with Crippen molar-refractivity contribution < 1.29 is 38.1 Å². The summed E-state index contributed by atoms with van der Waals surface area (Å²) in [5.41, 5.74) is 0. The van der Waals surface area contributed by atoms with Crippen LogP contribution in [0, 0.1) is 11.8 Å². The quantitative estimate of drug-likeness (QED) is 0.0380. The lowest BCUT2D eigenvalue weighted by Crippen LogP contribution is -2.31. The standard InChI is InChI=1S/C36H67NO8S2/c1-6-9-12-14-16-27-46-29-31(4)35(40)44-25-23-42-33(38)18-21-37(20-11-8-3)22-19-34(39)43-24-26-45-36(41)32(5)30-47-28-17-15-13-10-7-2/h31-32H,6-30H2,1-5H3. The van der Waals surface area contributed by atoms with Gasteiger partial charge in [-0.2, -0.15) is 23.5 Å². The van der Waals surface area contributed by atoms with Crippen molar-refractivity contribution in [3.05, 3.63) is 0 Å². The van der Waals surface area contributed by atoms with Gasteiger partial charge in [-0.1, -0.05) is 92.4 Å². The summed E-state index contributed by atoms with van der Waals surface area (Å²) in [6.07, 6.45) is 14.7. The van der Waals surface area contributed by atoms with Crippen molar-refractivity contribution in [1.82, 2.24) is 4.90 Å². The third-order valence-corrected chi connectivity index (χ3v) is 10.2. The predicted octanol–water partition coefficient (Wildman–Crippen LogP) is 7.72. The van der Waals surface area contributed by atoms with Gasteiger partial charge < -0.3 is 23.8 Å². The number of hydrogen-bond acceptors (Lipinski definition) is 11. The summed E-state index contributed by atoms with van der Waals surface area (Å²) in [5.74, 6) is 1.97. The van der Waals surface area contributed by atoms with E-state index in [0.29, 0.717) is 13.1 Å². The Morgan fingerprint density at radius 3 is 1.30 bits per heavy atom. The number of thioether (sulfide) groups is 2. The van der Waals surface area contributed by atoms with Gasteiger partial charge in [0.15, 0.2) is 0 Å². The first-order valence-electron chi connectivity index (χ1n) is 18.3. The molecule has 0 aliphatic carbocycles. The average Bonchev–Trinajstić information content (AvgIpc) is 3.06. The van der Waals surface area contributed by atoms with Crippen LogP contribution < -0.4 is 0 Å². The SMILES string of the molecule is CCCCCCCSCC(C)C(=O)OCCOC(=O)CCN(CCCC)CCC(=O)OCCOC(=O)C(C)CSCCCCCCC. The van der Waals surface area contributed by atoms with E-state index in [9.17, 15) is 19.2 Å². The molecule has 0 aromatic rings. The molecule has 276 valence electrons. The molecule has 2 atom stereocenters. The van der Waals surface area contributed by atoms with Gasteiger partial charge in [0, 0.05) is 24.6 Å². The Morgan fingerprint density at radius 1 is 0.511 bits per heavy atom. The molecule has 0 aliphatic heterocycles. The largest absolute Gasteiger partial charge is 0.462 e. The van der Waals surface area contributed by atoms with Crippen molar-refractivity contribution in [3.63, 3.8) is 0 Å². The normalized spacial score (nSPS) is 12.5. The van der Waals surface area contributed by atoms with Crippen molar-refractivity contribution in [1.29, 1.82) is 0 Å². The Bertz CT molecular complexity index is 741. The molecule has 0 aromatic carbocycles. The van der Waals surface area contributed by atoms with Gasteiger partial charge >= 0.3 is 23.9 Å². The highest BCUT2D eigenvalue weighted by Gasteiger charge is 2.17. The maximum Gasteiger partial charge on any atom is 0.309 e. The minimum atomic E-state index is -0.363. The maximum absolute atomic E-state index is 12.3. The molecule has 0 spiro atoms. The summed E-state index contributed by atoms with van der Waals surface area (Å²) in [6.45, 7) is 12.1. The van der Waals surface area contributed by atoms with Crippen LogP contribution in [0.25, 0.3) is 0 Å². The van der Waals surface area contributed by atoms with E-state index >= 15 is 0 Å². The second kappa shape index (κ2) is 33.1. The Morgan fingerprint density at radius 2 is 0.894 bits per heavy atom. The molecule has 0 rings (SSSR count). The first-order chi connectivity index (χ1) is 22.7. The fourth-order valence-corrected chi connectivity index (χ4v) is 6.64. The lowest BCUT2D eigenvalue weighted by Gasteiger charge is -2.21. The molecule has 0 aromatic heterocycles. The summed E-state index contributed by atoms with van der Waals surface area (Å²) >= 11 is 3.57. The number of rotatable bonds is 33. The fourth-order valence-electron chi connectivity index (χ4n) is 4.51. The highest BCUT2D eigenvalue weighted by atomic mass is 32.2. The lowest BCUT2D eigenvalue weighted by atomic mass is 10.2. The molecular weight excluding hydrogens is 639 g/mol. The first-order valence-corrected chi connectivity index (χ1v) is 20.6. The van der Waals surface area contributed by atoms with Crippen LogP contribution in [0.2, 0.25) is 0 Å². The molecular formula is C36H67NO8S2. The second-order valence-corrected chi connectivity index (χ2v) is 14.6. The molecule has 0 aliphatic rings. The number of carbonyl (C=O) groups is 4. The van der Waals surface area contributed by atoms with Crippen molar-refractivity contribution in [3.8, 4) is 0 Å². The number of nitrogens with zero attached hydrogens (tertiary/aromatic N) is 1. The highest BCUT2D eigenvalue weighted by Crippen LogP contribution is 2.15. The van der Waals surface area contributed by atoms with E-state index in [-0.39, 0.29) is 75.0 Å².